The zero-order valence-corrected chi connectivity index (χ0v) is 41.0. The molecule has 3 rings (SSSR count). The molecule has 0 spiro atoms. The van der Waals surface area contributed by atoms with Gasteiger partial charge in [-0.15, -0.1) is 11.8 Å². The number of amides is 5. The Morgan fingerprint density at radius 3 is 1.95 bits per heavy atom. The zero-order valence-electron chi connectivity index (χ0n) is 40.2. The van der Waals surface area contributed by atoms with Crippen molar-refractivity contribution in [3.8, 4) is 11.1 Å². The molecule has 28 heteroatoms. The summed E-state index contributed by atoms with van der Waals surface area (Å²) in [5.41, 5.74) is 18.2. The van der Waals surface area contributed by atoms with Gasteiger partial charge in [-0.05, 0) is 48.1 Å². The van der Waals surface area contributed by atoms with Gasteiger partial charge in [0.15, 0.2) is 0 Å². The molecular weight excluding hydrogens is 1020 g/mol. The van der Waals surface area contributed by atoms with Crippen LogP contribution in [0.4, 0.5) is 22.0 Å². The Hall–Kier alpha value is -7.17. The highest BCUT2D eigenvalue weighted by Crippen LogP contribution is 2.41. The fraction of sp³-hybridized carbons (Fsp3) is 0.457. The van der Waals surface area contributed by atoms with Crippen LogP contribution in [0.5, 0.6) is 0 Å². The van der Waals surface area contributed by atoms with E-state index < -0.39 is 145 Å². The van der Waals surface area contributed by atoms with E-state index in [1.165, 1.54) is 4.90 Å². The lowest BCUT2D eigenvalue weighted by Gasteiger charge is -2.41. The molecule has 3 aromatic rings. The van der Waals surface area contributed by atoms with Crippen LogP contribution in [0.2, 0.25) is 0 Å². The Labute approximate surface area is 424 Å². The van der Waals surface area contributed by atoms with Crippen LogP contribution in [0.3, 0.4) is 0 Å². The Kier molecular flexibility index (Phi) is 24.6. The first-order valence-electron chi connectivity index (χ1n) is 22.2. The van der Waals surface area contributed by atoms with Gasteiger partial charge in [0, 0.05) is 67.8 Å². The number of halogens is 5. The monoisotopic (exact) mass is 1070 g/mol. The maximum absolute atomic E-state index is 15.1. The van der Waals surface area contributed by atoms with Crippen LogP contribution >= 0.6 is 11.8 Å². The number of thioether (sulfide) groups is 1. The molecule has 5 unspecified atom stereocenters. The quantitative estimate of drug-likeness (QED) is 0.0484. The lowest BCUT2D eigenvalue weighted by atomic mass is 9.82. The number of alkyl halides is 3. The fourth-order valence-electron chi connectivity index (χ4n) is 7.13. The number of carboxylic acid groups (broad SMARTS) is 4. The van der Waals surface area contributed by atoms with Crippen LogP contribution in [-0.2, 0) is 49.7 Å². The molecule has 5 amide bonds. The van der Waals surface area contributed by atoms with E-state index in [0.717, 1.165) is 28.7 Å². The minimum atomic E-state index is -5.08. The van der Waals surface area contributed by atoms with Crippen LogP contribution in [0.25, 0.3) is 11.1 Å². The molecule has 1 aromatic heterocycles. The van der Waals surface area contributed by atoms with Gasteiger partial charge in [0.1, 0.15) is 35.6 Å². The second-order valence-corrected chi connectivity index (χ2v) is 18.7. The Bertz CT molecular complexity index is 2460. The number of aliphatic hydroxyl groups excluding tert-OH is 1. The number of aliphatic hydroxyl groups is 1. The molecule has 5 atom stereocenters. The van der Waals surface area contributed by atoms with Gasteiger partial charge >= 0.3 is 30.1 Å². The SMILES string of the molecule is CC(C)(C)C(c1cc(-c2cc(F)ccc2F)cn1Cc1ccccc1)N(CCC(N)C(=O)NCCN(C(=O)CNC(=O)CC(SCC(N)C(=O)O)C(=O)O)C(CCC(=O)O)C(N)=O)C(=O)CO.O=C(O)C(F)(F)F. The molecule has 0 bridgehead atoms. The van der Waals surface area contributed by atoms with Crippen molar-refractivity contribution in [3.05, 3.63) is 83.7 Å². The Balaban J connectivity index is 0.00000249. The number of nitrogens with one attached hydrogen (secondary N) is 2. The van der Waals surface area contributed by atoms with E-state index in [0.29, 0.717) is 23.0 Å². The van der Waals surface area contributed by atoms with E-state index in [4.69, 9.17) is 32.2 Å². The first-order valence-corrected chi connectivity index (χ1v) is 23.3. The third kappa shape index (κ3) is 20.4. The minimum Gasteiger partial charge on any atom is -0.481 e. The number of hydrogen-bond donors (Lipinski definition) is 10. The maximum atomic E-state index is 15.1. The number of nitrogens with zero attached hydrogens (tertiary/aromatic N) is 3. The number of aromatic nitrogens is 1. The third-order valence-corrected chi connectivity index (χ3v) is 12.0. The second-order valence-electron chi connectivity index (χ2n) is 17.4. The molecule has 2 aromatic carbocycles. The molecular formula is C46H59F5N8O14S. The summed E-state index contributed by atoms with van der Waals surface area (Å²) in [6, 6.07) is 8.86. The smallest absolute Gasteiger partial charge is 0.481 e. The first kappa shape index (κ1) is 62.9. The van der Waals surface area contributed by atoms with E-state index in [1.807, 2.05) is 51.1 Å². The molecule has 74 heavy (non-hydrogen) atoms. The van der Waals surface area contributed by atoms with Gasteiger partial charge in [-0.2, -0.15) is 13.2 Å². The second kappa shape index (κ2) is 28.9. The molecule has 0 radical (unpaired) electrons. The van der Waals surface area contributed by atoms with Gasteiger partial charge in [-0.25, -0.2) is 13.6 Å². The highest BCUT2D eigenvalue weighted by atomic mass is 32.2. The summed E-state index contributed by atoms with van der Waals surface area (Å²) in [5.74, 6) is -13.1. The van der Waals surface area contributed by atoms with Gasteiger partial charge in [0.25, 0.3) is 0 Å². The number of aliphatic carboxylic acids is 4. The summed E-state index contributed by atoms with van der Waals surface area (Å²) in [6.07, 6.45) is -5.36. The molecule has 13 N–H and O–H groups in total. The normalized spacial score (nSPS) is 13.4. The largest absolute Gasteiger partial charge is 0.490 e. The molecule has 0 fully saturated rings. The molecule has 0 aliphatic heterocycles. The predicted molar refractivity (Wildman–Crippen MR) is 254 cm³/mol. The van der Waals surface area contributed by atoms with Crippen molar-refractivity contribution in [1.29, 1.82) is 0 Å². The van der Waals surface area contributed by atoms with Gasteiger partial charge < -0.3 is 67.7 Å². The summed E-state index contributed by atoms with van der Waals surface area (Å²) in [7, 11) is 0. The predicted octanol–water partition coefficient (Wildman–Crippen LogP) is 1.51. The zero-order chi connectivity index (χ0) is 56.2. The van der Waals surface area contributed by atoms with Crippen LogP contribution in [0.15, 0.2) is 60.8 Å². The van der Waals surface area contributed by atoms with Crippen LogP contribution in [0, 0.1) is 17.0 Å². The maximum Gasteiger partial charge on any atom is 0.490 e. The number of benzene rings is 2. The Morgan fingerprint density at radius 1 is 0.797 bits per heavy atom. The third-order valence-electron chi connectivity index (χ3n) is 10.7. The number of carboxylic acids is 4. The van der Waals surface area contributed by atoms with Crippen molar-refractivity contribution >= 4 is 65.2 Å². The number of carbonyl (C=O) groups excluding carboxylic acids is 5. The minimum absolute atomic E-state index is 0.0192. The highest BCUT2D eigenvalue weighted by Gasteiger charge is 2.39. The topological polar surface area (TPSA) is 368 Å². The summed E-state index contributed by atoms with van der Waals surface area (Å²) < 4.78 is 63.1. The number of nitrogens with two attached hydrogens (primary N) is 3. The first-order chi connectivity index (χ1) is 34.4. The van der Waals surface area contributed by atoms with Gasteiger partial charge in [-0.3, -0.25) is 38.4 Å². The van der Waals surface area contributed by atoms with E-state index in [2.05, 4.69) is 10.6 Å². The number of rotatable bonds is 27. The summed E-state index contributed by atoms with van der Waals surface area (Å²) in [6.45, 7) is 3.03. The molecule has 408 valence electrons. The highest BCUT2D eigenvalue weighted by molar-refractivity contribution is 8.00. The molecule has 0 aliphatic carbocycles. The van der Waals surface area contributed by atoms with Crippen molar-refractivity contribution in [2.75, 3.05) is 38.5 Å². The van der Waals surface area contributed by atoms with E-state index >= 15 is 4.39 Å². The van der Waals surface area contributed by atoms with Crippen molar-refractivity contribution < 1.29 is 90.6 Å². The van der Waals surface area contributed by atoms with Gasteiger partial charge in [0.05, 0.1) is 18.6 Å². The Morgan fingerprint density at radius 2 is 1.42 bits per heavy atom. The average molecular weight is 1080 g/mol. The number of carbonyl (C=O) groups is 9. The van der Waals surface area contributed by atoms with E-state index in [-0.39, 0.29) is 37.4 Å². The summed E-state index contributed by atoms with van der Waals surface area (Å²) in [4.78, 5) is 111. The van der Waals surface area contributed by atoms with E-state index in [1.54, 1.807) is 16.8 Å². The lowest BCUT2D eigenvalue weighted by molar-refractivity contribution is -0.192. The van der Waals surface area contributed by atoms with Crippen molar-refractivity contribution in [2.45, 2.75) is 88.6 Å². The van der Waals surface area contributed by atoms with Gasteiger partial charge in [-0.1, -0.05) is 51.1 Å². The molecule has 22 nitrogen and oxygen atoms in total. The van der Waals surface area contributed by atoms with E-state index in [9.17, 15) is 71.2 Å². The average Bonchev–Trinajstić information content (AvgIpc) is 3.71. The summed E-state index contributed by atoms with van der Waals surface area (Å²) in [5, 5.41) is 48.4. The van der Waals surface area contributed by atoms with Crippen molar-refractivity contribution in [1.82, 2.24) is 25.0 Å². The van der Waals surface area contributed by atoms with Crippen molar-refractivity contribution in [3.63, 3.8) is 0 Å². The lowest BCUT2D eigenvalue weighted by Crippen LogP contribution is -2.54. The standard InChI is InChI=1S/C44H58F2N8O12S.C2HF3O2/c1-44(2,3)39(33-17-26(28-18-27(45)9-10-29(28)46)22-52(33)21-25-7-5-4-6-8-25)54(37(58)23-55)15-13-30(47)41(62)50-14-16-53(32(40(49)61)11-12-38(59)60)36(57)20-51-35(56)19-34(43(65)66)67-24-31(48)42(63)64;3-2(4,5)1(6)7/h4-10,17-18,22,30-32,34,39,55H,11-16,19-21,23-24,47-48H2,1-3H3,(H2,49,61)(H,50,62)(H,51,56)(H,59,60)(H,63,64)(H,65,66);(H,6,7). The van der Waals surface area contributed by atoms with Gasteiger partial charge in [0.2, 0.25) is 29.5 Å². The summed E-state index contributed by atoms with van der Waals surface area (Å²) >= 11 is 0.597. The van der Waals surface area contributed by atoms with Crippen LogP contribution < -0.4 is 27.8 Å². The fourth-order valence-corrected chi connectivity index (χ4v) is 8.13. The molecule has 0 saturated heterocycles. The number of primary amides is 1. The van der Waals surface area contributed by atoms with Crippen LogP contribution in [0.1, 0.15) is 63.8 Å². The van der Waals surface area contributed by atoms with Crippen LogP contribution in [-0.4, -0.2) is 161 Å². The van der Waals surface area contributed by atoms with Crippen molar-refractivity contribution in [2.24, 2.45) is 22.6 Å². The molecule has 0 aliphatic rings. The molecule has 1 heterocycles. The number of hydrogen-bond acceptors (Lipinski definition) is 13. The molecule has 0 saturated carbocycles.